The average molecular weight is 356 g/mol. The summed E-state index contributed by atoms with van der Waals surface area (Å²) in [5, 5.41) is 4.53. The number of amides is 1. The second-order valence-electron chi connectivity index (χ2n) is 7.69. The predicted octanol–water partition coefficient (Wildman–Crippen LogP) is 4.10. The van der Waals surface area contributed by atoms with Gasteiger partial charge in [-0.3, -0.25) is 9.69 Å². The lowest BCUT2D eigenvalue weighted by Crippen LogP contribution is -2.42. The van der Waals surface area contributed by atoms with Gasteiger partial charge in [0.05, 0.1) is 0 Å². The number of para-hydroxylation sites is 1. The number of likely N-dealkylation sites (tertiary alicyclic amines) is 1. The van der Waals surface area contributed by atoms with E-state index in [-0.39, 0.29) is 17.9 Å². The van der Waals surface area contributed by atoms with Crippen molar-refractivity contribution in [2.24, 2.45) is 5.92 Å². The first kappa shape index (κ1) is 19.0. The summed E-state index contributed by atoms with van der Waals surface area (Å²) in [4.78, 5) is 14.9. The highest BCUT2D eigenvalue weighted by atomic mass is 16.1. The predicted molar refractivity (Wildman–Crippen MR) is 108 cm³/mol. The fourth-order valence-corrected chi connectivity index (χ4v) is 4.15. The molecule has 1 aliphatic rings. The third-order valence-electron chi connectivity index (χ3n) is 6.02. The molecule has 2 heterocycles. The van der Waals surface area contributed by atoms with Crippen LogP contribution in [0.15, 0.2) is 24.3 Å². The average Bonchev–Trinajstić information content (AvgIpc) is 2.93. The van der Waals surface area contributed by atoms with Crippen LogP contribution >= 0.6 is 0 Å². The molecular formula is C22H33N3O. The number of hydrogen-bond acceptors (Lipinski definition) is 2. The number of carbonyl (C=O) groups is 1. The van der Waals surface area contributed by atoms with Crippen LogP contribution in [0.25, 0.3) is 10.9 Å². The highest BCUT2D eigenvalue weighted by molar-refractivity contribution is 5.85. The zero-order valence-electron chi connectivity index (χ0n) is 16.7. The standard InChI is InChI=1S/C22H33N3O/c1-5-16(3)23-22(26)18-11-13-24(14-12-18)15-20-17(4)25(6-2)21-10-8-7-9-19(20)21/h7-10,16,18H,5-6,11-15H2,1-4H3,(H,23,26). The largest absolute Gasteiger partial charge is 0.353 e. The lowest BCUT2D eigenvalue weighted by Gasteiger charge is -2.32. The molecule has 0 radical (unpaired) electrons. The van der Waals surface area contributed by atoms with Crippen molar-refractivity contribution in [3.05, 3.63) is 35.5 Å². The van der Waals surface area contributed by atoms with E-state index in [1.165, 1.54) is 22.2 Å². The molecule has 0 aliphatic carbocycles. The van der Waals surface area contributed by atoms with E-state index in [0.29, 0.717) is 0 Å². The van der Waals surface area contributed by atoms with Crippen LogP contribution in [-0.2, 0) is 17.9 Å². The number of nitrogens with zero attached hydrogens (tertiary/aromatic N) is 2. The van der Waals surface area contributed by atoms with Gasteiger partial charge in [-0.15, -0.1) is 0 Å². The Bertz CT molecular complexity index is 756. The van der Waals surface area contributed by atoms with Crippen LogP contribution in [0.1, 0.15) is 51.3 Å². The molecule has 1 unspecified atom stereocenters. The first-order chi connectivity index (χ1) is 12.5. The van der Waals surface area contributed by atoms with E-state index < -0.39 is 0 Å². The molecular weight excluding hydrogens is 322 g/mol. The Morgan fingerprint density at radius 2 is 1.92 bits per heavy atom. The zero-order chi connectivity index (χ0) is 18.7. The Hall–Kier alpha value is -1.81. The van der Waals surface area contributed by atoms with Crippen molar-refractivity contribution in [3.8, 4) is 0 Å². The van der Waals surface area contributed by atoms with E-state index in [9.17, 15) is 4.79 Å². The lowest BCUT2D eigenvalue weighted by molar-refractivity contribution is -0.127. The van der Waals surface area contributed by atoms with Gasteiger partial charge in [0.15, 0.2) is 0 Å². The topological polar surface area (TPSA) is 37.3 Å². The second-order valence-corrected chi connectivity index (χ2v) is 7.69. The molecule has 0 spiro atoms. The molecule has 1 aliphatic heterocycles. The minimum atomic E-state index is 0.179. The molecule has 0 bridgehead atoms. The van der Waals surface area contributed by atoms with Crippen molar-refractivity contribution in [1.82, 2.24) is 14.8 Å². The number of fused-ring (bicyclic) bond motifs is 1. The van der Waals surface area contributed by atoms with E-state index in [4.69, 9.17) is 0 Å². The van der Waals surface area contributed by atoms with Gasteiger partial charge in [-0.05, 0) is 64.8 Å². The zero-order valence-corrected chi connectivity index (χ0v) is 16.7. The normalized spacial score (nSPS) is 17.5. The van der Waals surface area contributed by atoms with Crippen molar-refractivity contribution in [2.75, 3.05) is 13.1 Å². The maximum Gasteiger partial charge on any atom is 0.223 e. The summed E-state index contributed by atoms with van der Waals surface area (Å²) >= 11 is 0. The summed E-state index contributed by atoms with van der Waals surface area (Å²) in [6, 6.07) is 9.01. The Morgan fingerprint density at radius 3 is 2.58 bits per heavy atom. The van der Waals surface area contributed by atoms with Gasteiger partial charge in [0.1, 0.15) is 0 Å². The first-order valence-corrected chi connectivity index (χ1v) is 10.1. The van der Waals surface area contributed by atoms with Crippen LogP contribution in [0.4, 0.5) is 0 Å². The van der Waals surface area contributed by atoms with Crippen LogP contribution in [0.2, 0.25) is 0 Å². The highest BCUT2D eigenvalue weighted by Gasteiger charge is 2.26. The van der Waals surface area contributed by atoms with Gasteiger partial charge in [0.2, 0.25) is 5.91 Å². The van der Waals surface area contributed by atoms with Gasteiger partial charge in [0.25, 0.3) is 0 Å². The molecule has 1 saturated heterocycles. The van der Waals surface area contributed by atoms with Crippen molar-refractivity contribution in [2.45, 2.75) is 66.1 Å². The Balaban J connectivity index is 1.66. The van der Waals surface area contributed by atoms with Crippen LogP contribution in [-0.4, -0.2) is 34.5 Å². The number of nitrogens with one attached hydrogen (secondary N) is 1. The number of aryl methyl sites for hydroxylation is 1. The molecule has 1 fully saturated rings. The number of hydrogen-bond donors (Lipinski definition) is 1. The number of piperidine rings is 1. The highest BCUT2D eigenvalue weighted by Crippen LogP contribution is 2.28. The molecule has 1 aromatic heterocycles. The van der Waals surface area contributed by atoms with Gasteiger partial charge in [-0.2, -0.15) is 0 Å². The number of aromatic nitrogens is 1. The summed E-state index contributed by atoms with van der Waals surface area (Å²) in [6.07, 6.45) is 2.92. The van der Waals surface area contributed by atoms with Gasteiger partial charge >= 0.3 is 0 Å². The van der Waals surface area contributed by atoms with Crippen molar-refractivity contribution >= 4 is 16.8 Å². The van der Waals surface area contributed by atoms with Gasteiger partial charge in [-0.1, -0.05) is 25.1 Å². The van der Waals surface area contributed by atoms with Crippen LogP contribution in [0.5, 0.6) is 0 Å². The summed E-state index contributed by atoms with van der Waals surface area (Å²) in [6.45, 7) is 12.6. The molecule has 2 aromatic rings. The van der Waals surface area contributed by atoms with E-state index >= 15 is 0 Å². The number of carbonyl (C=O) groups excluding carboxylic acids is 1. The molecule has 1 aromatic carbocycles. The summed E-state index contributed by atoms with van der Waals surface area (Å²) in [5.74, 6) is 0.427. The molecule has 26 heavy (non-hydrogen) atoms. The molecule has 4 nitrogen and oxygen atoms in total. The molecule has 1 atom stereocenters. The van der Waals surface area contributed by atoms with Crippen LogP contribution in [0.3, 0.4) is 0 Å². The minimum absolute atomic E-state index is 0.179. The van der Waals surface area contributed by atoms with Gasteiger partial charge in [0, 0.05) is 41.6 Å². The summed E-state index contributed by atoms with van der Waals surface area (Å²) in [7, 11) is 0. The molecule has 3 rings (SSSR count). The van der Waals surface area contributed by atoms with Crippen LogP contribution in [0, 0.1) is 12.8 Å². The maximum atomic E-state index is 12.4. The monoisotopic (exact) mass is 355 g/mol. The van der Waals surface area contributed by atoms with E-state index in [1.807, 2.05) is 0 Å². The maximum absolute atomic E-state index is 12.4. The van der Waals surface area contributed by atoms with Crippen molar-refractivity contribution in [1.29, 1.82) is 0 Å². The van der Waals surface area contributed by atoms with Crippen LogP contribution < -0.4 is 5.32 Å². The molecule has 1 N–H and O–H groups in total. The minimum Gasteiger partial charge on any atom is -0.353 e. The third kappa shape index (κ3) is 3.80. The Kier molecular flexibility index (Phi) is 6.02. The van der Waals surface area contributed by atoms with E-state index in [1.54, 1.807) is 0 Å². The van der Waals surface area contributed by atoms with E-state index in [2.05, 4.69) is 66.7 Å². The van der Waals surface area contributed by atoms with Gasteiger partial charge in [-0.25, -0.2) is 0 Å². The Morgan fingerprint density at radius 1 is 1.23 bits per heavy atom. The fourth-order valence-electron chi connectivity index (χ4n) is 4.15. The Labute approximate surface area is 157 Å². The number of rotatable bonds is 6. The van der Waals surface area contributed by atoms with E-state index in [0.717, 1.165) is 45.4 Å². The van der Waals surface area contributed by atoms with Crippen molar-refractivity contribution in [3.63, 3.8) is 0 Å². The van der Waals surface area contributed by atoms with Gasteiger partial charge < -0.3 is 9.88 Å². The third-order valence-corrected chi connectivity index (χ3v) is 6.02. The van der Waals surface area contributed by atoms with Crippen molar-refractivity contribution < 1.29 is 4.79 Å². The number of benzene rings is 1. The molecule has 142 valence electrons. The molecule has 1 amide bonds. The first-order valence-electron chi connectivity index (χ1n) is 10.1. The lowest BCUT2D eigenvalue weighted by atomic mass is 9.95. The quantitative estimate of drug-likeness (QED) is 0.847. The smallest absolute Gasteiger partial charge is 0.223 e. The summed E-state index contributed by atoms with van der Waals surface area (Å²) < 4.78 is 2.41. The molecule has 0 saturated carbocycles. The summed E-state index contributed by atoms with van der Waals surface area (Å²) in [5.41, 5.74) is 4.17. The fraction of sp³-hybridized carbons (Fsp3) is 0.591. The SMILES string of the molecule is CCC(C)NC(=O)C1CCN(Cc2c(C)n(CC)c3ccccc23)CC1. The molecule has 4 heteroatoms. The second kappa shape index (κ2) is 8.26.